The van der Waals surface area contributed by atoms with Crippen LogP contribution in [0.3, 0.4) is 0 Å². The first kappa shape index (κ1) is 18.6. The zero-order valence-electron chi connectivity index (χ0n) is 15.9. The zero-order chi connectivity index (χ0) is 19.1. The van der Waals surface area contributed by atoms with E-state index < -0.39 is 0 Å². The summed E-state index contributed by atoms with van der Waals surface area (Å²) in [6.45, 7) is 6.15. The second-order valence-corrected chi connectivity index (χ2v) is 6.16. The molecule has 0 aliphatic carbocycles. The molecule has 0 aliphatic rings. The Morgan fingerprint density at radius 2 is 2.04 bits per heavy atom. The number of hydrogen-bond acceptors (Lipinski definition) is 5. The van der Waals surface area contributed by atoms with E-state index in [0.29, 0.717) is 18.4 Å². The molecule has 0 radical (unpaired) electrons. The van der Waals surface area contributed by atoms with Gasteiger partial charge < -0.3 is 19.6 Å². The van der Waals surface area contributed by atoms with Crippen LogP contribution >= 0.6 is 0 Å². The number of aromatic nitrogens is 4. The molecule has 0 spiro atoms. The lowest BCUT2D eigenvalue weighted by molar-refractivity contribution is 0.572. The summed E-state index contributed by atoms with van der Waals surface area (Å²) < 4.78 is 7.62. The van der Waals surface area contributed by atoms with E-state index in [1.165, 1.54) is 5.56 Å². The van der Waals surface area contributed by atoms with E-state index in [-0.39, 0.29) is 0 Å². The maximum absolute atomic E-state index is 5.58. The first-order valence-corrected chi connectivity index (χ1v) is 9.02. The second kappa shape index (κ2) is 8.98. The standard InChI is InChI=1S/C19H25N7O/c1-4-17-25-23-13-26(17)10-9-21-19(20-3)22-11-16-12-27-18(24-16)15-7-5-14(2)6-8-15/h5-8,12-13H,4,9-11H2,1-3H3,(H2,20,21,22). The van der Waals surface area contributed by atoms with Crippen LogP contribution in [0, 0.1) is 6.92 Å². The number of nitrogens with one attached hydrogen (secondary N) is 2. The molecule has 8 heteroatoms. The third kappa shape index (κ3) is 4.93. The molecule has 3 rings (SSSR count). The Bertz CT molecular complexity index is 880. The summed E-state index contributed by atoms with van der Waals surface area (Å²) >= 11 is 0. The third-order valence-electron chi connectivity index (χ3n) is 4.17. The van der Waals surface area contributed by atoms with Gasteiger partial charge in [0, 0.05) is 32.1 Å². The third-order valence-corrected chi connectivity index (χ3v) is 4.17. The van der Waals surface area contributed by atoms with Crippen molar-refractivity contribution < 1.29 is 4.42 Å². The summed E-state index contributed by atoms with van der Waals surface area (Å²) in [6, 6.07) is 8.11. The average molecular weight is 367 g/mol. The predicted octanol–water partition coefficient (Wildman–Crippen LogP) is 2.17. The van der Waals surface area contributed by atoms with Gasteiger partial charge in [-0.2, -0.15) is 0 Å². The molecule has 3 aromatic rings. The number of oxazole rings is 1. The molecule has 142 valence electrons. The van der Waals surface area contributed by atoms with E-state index in [2.05, 4.69) is 44.7 Å². The lowest BCUT2D eigenvalue weighted by Crippen LogP contribution is -2.38. The fourth-order valence-electron chi connectivity index (χ4n) is 2.65. The number of benzene rings is 1. The first-order chi connectivity index (χ1) is 13.2. The van der Waals surface area contributed by atoms with E-state index in [1.807, 2.05) is 28.8 Å². The van der Waals surface area contributed by atoms with Crippen molar-refractivity contribution in [3.8, 4) is 11.5 Å². The molecule has 0 unspecified atom stereocenters. The molecule has 0 atom stereocenters. The van der Waals surface area contributed by atoms with Crippen LogP contribution in [-0.2, 0) is 19.5 Å². The van der Waals surface area contributed by atoms with Gasteiger partial charge in [0.2, 0.25) is 5.89 Å². The van der Waals surface area contributed by atoms with Crippen molar-refractivity contribution in [2.45, 2.75) is 33.4 Å². The molecule has 2 heterocycles. The number of rotatable bonds is 7. The Labute approximate surface area is 158 Å². The number of guanidine groups is 1. The smallest absolute Gasteiger partial charge is 0.226 e. The second-order valence-electron chi connectivity index (χ2n) is 6.16. The molecule has 0 fully saturated rings. The summed E-state index contributed by atoms with van der Waals surface area (Å²) in [7, 11) is 1.74. The van der Waals surface area contributed by atoms with Crippen molar-refractivity contribution in [2.75, 3.05) is 13.6 Å². The van der Waals surface area contributed by atoms with Gasteiger partial charge >= 0.3 is 0 Å². The average Bonchev–Trinajstić information content (AvgIpc) is 3.34. The van der Waals surface area contributed by atoms with E-state index in [9.17, 15) is 0 Å². The Morgan fingerprint density at radius 1 is 1.22 bits per heavy atom. The minimum atomic E-state index is 0.530. The Kier molecular flexibility index (Phi) is 6.19. The van der Waals surface area contributed by atoms with Gasteiger partial charge in [0.05, 0.1) is 12.2 Å². The highest BCUT2D eigenvalue weighted by atomic mass is 16.3. The Morgan fingerprint density at radius 3 is 2.78 bits per heavy atom. The molecule has 1 aromatic carbocycles. The van der Waals surface area contributed by atoms with Crippen molar-refractivity contribution in [1.82, 2.24) is 30.4 Å². The molecule has 0 amide bonds. The van der Waals surface area contributed by atoms with Gasteiger partial charge in [0.15, 0.2) is 5.96 Å². The highest BCUT2D eigenvalue weighted by Gasteiger charge is 2.07. The van der Waals surface area contributed by atoms with Crippen molar-refractivity contribution in [1.29, 1.82) is 0 Å². The highest BCUT2D eigenvalue weighted by molar-refractivity contribution is 5.79. The first-order valence-electron chi connectivity index (χ1n) is 9.02. The Hall–Kier alpha value is -3.16. The molecular weight excluding hydrogens is 342 g/mol. The van der Waals surface area contributed by atoms with Gasteiger partial charge in [-0.1, -0.05) is 24.6 Å². The largest absolute Gasteiger partial charge is 0.444 e. The molecule has 0 aliphatic heterocycles. The summed E-state index contributed by atoms with van der Waals surface area (Å²) in [5.41, 5.74) is 3.00. The van der Waals surface area contributed by atoms with E-state index in [4.69, 9.17) is 4.42 Å². The fourth-order valence-corrected chi connectivity index (χ4v) is 2.65. The Balaban J connectivity index is 1.49. The van der Waals surface area contributed by atoms with Gasteiger partial charge in [-0.25, -0.2) is 4.98 Å². The topological polar surface area (TPSA) is 93.2 Å². The minimum Gasteiger partial charge on any atom is -0.444 e. The van der Waals surface area contributed by atoms with Crippen LogP contribution in [0.1, 0.15) is 24.0 Å². The van der Waals surface area contributed by atoms with Gasteiger partial charge in [-0.15, -0.1) is 10.2 Å². The van der Waals surface area contributed by atoms with Crippen LogP contribution in [0.25, 0.3) is 11.5 Å². The van der Waals surface area contributed by atoms with E-state index in [0.717, 1.165) is 36.6 Å². The van der Waals surface area contributed by atoms with Crippen LogP contribution in [0.2, 0.25) is 0 Å². The molecule has 2 N–H and O–H groups in total. The fraction of sp³-hybridized carbons (Fsp3) is 0.368. The van der Waals surface area contributed by atoms with Crippen LogP contribution in [0.5, 0.6) is 0 Å². The van der Waals surface area contributed by atoms with Crippen LogP contribution in [0.4, 0.5) is 0 Å². The summed E-state index contributed by atoms with van der Waals surface area (Å²) in [5.74, 6) is 2.31. The lowest BCUT2D eigenvalue weighted by Gasteiger charge is -2.11. The molecule has 8 nitrogen and oxygen atoms in total. The molecule has 2 aromatic heterocycles. The number of aryl methyl sites for hydroxylation is 2. The van der Waals surface area contributed by atoms with Gasteiger partial charge in [0.25, 0.3) is 0 Å². The molecule has 27 heavy (non-hydrogen) atoms. The predicted molar refractivity (Wildman–Crippen MR) is 104 cm³/mol. The van der Waals surface area contributed by atoms with Crippen molar-refractivity contribution in [3.05, 3.63) is 53.9 Å². The maximum atomic E-state index is 5.58. The summed E-state index contributed by atoms with van der Waals surface area (Å²) in [5, 5.41) is 14.5. The van der Waals surface area contributed by atoms with Gasteiger partial charge in [-0.3, -0.25) is 4.99 Å². The summed E-state index contributed by atoms with van der Waals surface area (Å²) in [6.07, 6.45) is 4.28. The van der Waals surface area contributed by atoms with E-state index >= 15 is 0 Å². The highest BCUT2D eigenvalue weighted by Crippen LogP contribution is 2.18. The zero-order valence-corrected chi connectivity index (χ0v) is 15.9. The van der Waals surface area contributed by atoms with Crippen LogP contribution < -0.4 is 10.6 Å². The van der Waals surface area contributed by atoms with Gasteiger partial charge in [0.1, 0.15) is 18.4 Å². The molecule has 0 saturated carbocycles. The quantitative estimate of drug-likeness (QED) is 0.491. The van der Waals surface area contributed by atoms with Crippen molar-refractivity contribution in [3.63, 3.8) is 0 Å². The summed E-state index contributed by atoms with van der Waals surface area (Å²) in [4.78, 5) is 8.76. The van der Waals surface area contributed by atoms with Crippen LogP contribution in [-0.4, -0.2) is 39.3 Å². The minimum absolute atomic E-state index is 0.530. The monoisotopic (exact) mass is 367 g/mol. The lowest BCUT2D eigenvalue weighted by atomic mass is 10.1. The van der Waals surface area contributed by atoms with E-state index in [1.54, 1.807) is 19.6 Å². The molecular formula is C19H25N7O. The SMILES string of the molecule is CCc1nncn1CCNC(=NC)NCc1coc(-c2ccc(C)cc2)n1. The van der Waals surface area contributed by atoms with Crippen molar-refractivity contribution in [2.24, 2.45) is 4.99 Å². The number of hydrogen-bond donors (Lipinski definition) is 2. The maximum Gasteiger partial charge on any atom is 0.226 e. The van der Waals surface area contributed by atoms with Gasteiger partial charge in [-0.05, 0) is 19.1 Å². The van der Waals surface area contributed by atoms with Crippen molar-refractivity contribution >= 4 is 5.96 Å². The number of aliphatic imine (C=N–C) groups is 1. The molecule has 0 bridgehead atoms. The normalized spacial score (nSPS) is 11.6. The molecule has 0 saturated heterocycles. The van der Waals surface area contributed by atoms with Crippen LogP contribution in [0.15, 0.2) is 46.3 Å². The number of nitrogens with zero attached hydrogens (tertiary/aromatic N) is 5.